The minimum Gasteiger partial charge on any atom is -0.464 e. The van der Waals surface area contributed by atoms with Gasteiger partial charge in [0, 0.05) is 20.1 Å². The summed E-state index contributed by atoms with van der Waals surface area (Å²) < 4.78 is 10.3. The van der Waals surface area contributed by atoms with E-state index in [1.165, 1.54) is 12.5 Å². The lowest BCUT2D eigenvalue weighted by Crippen LogP contribution is -2.41. The summed E-state index contributed by atoms with van der Waals surface area (Å²) in [5, 5.41) is 0. The summed E-state index contributed by atoms with van der Waals surface area (Å²) in [5.74, 6) is -0.262. The summed E-state index contributed by atoms with van der Waals surface area (Å²) in [6, 6.07) is 10.5. The smallest absolute Gasteiger partial charge is 0.302 e. The van der Waals surface area contributed by atoms with Crippen molar-refractivity contribution < 1.29 is 14.3 Å². The first-order valence-electron chi connectivity index (χ1n) is 6.45. The monoisotopic (exact) mass is 265 g/mol. The van der Waals surface area contributed by atoms with Gasteiger partial charge in [-0.1, -0.05) is 30.3 Å². The van der Waals surface area contributed by atoms with Gasteiger partial charge in [0.2, 0.25) is 0 Å². The predicted octanol–water partition coefficient (Wildman–Crippen LogP) is 2.26. The van der Waals surface area contributed by atoms with E-state index in [1.807, 2.05) is 25.2 Å². The summed E-state index contributed by atoms with van der Waals surface area (Å²) in [6.45, 7) is 4.42. The standard InChI is InChI=1S/C15H23NO3/c1-12(14-8-6-5-7-9-14)16(3)15(10-18-4)11-19-13(2)17/h5-9,12,15H,10-11H2,1-4H3/t12-,15+/m1/s1. The number of rotatable bonds is 7. The number of ether oxygens (including phenoxy) is 2. The fourth-order valence-corrected chi connectivity index (χ4v) is 1.97. The highest BCUT2D eigenvalue weighted by Gasteiger charge is 2.21. The zero-order chi connectivity index (χ0) is 14.3. The number of carbonyl (C=O) groups excluding carboxylic acids is 1. The lowest BCUT2D eigenvalue weighted by Gasteiger charge is -2.32. The van der Waals surface area contributed by atoms with Crippen LogP contribution in [-0.2, 0) is 14.3 Å². The molecule has 0 aromatic heterocycles. The molecule has 0 aliphatic carbocycles. The Morgan fingerprint density at radius 2 is 1.89 bits per heavy atom. The lowest BCUT2D eigenvalue weighted by atomic mass is 10.1. The number of esters is 1. The topological polar surface area (TPSA) is 38.8 Å². The average molecular weight is 265 g/mol. The fourth-order valence-electron chi connectivity index (χ4n) is 1.97. The highest BCUT2D eigenvalue weighted by atomic mass is 16.5. The van der Waals surface area contributed by atoms with Gasteiger partial charge in [0.1, 0.15) is 6.61 Å². The molecule has 0 aliphatic rings. The molecule has 1 aromatic rings. The Kier molecular flexibility index (Phi) is 6.53. The maximum absolute atomic E-state index is 10.9. The van der Waals surface area contributed by atoms with Crippen LogP contribution in [0.15, 0.2) is 30.3 Å². The second-order valence-corrected chi connectivity index (χ2v) is 4.66. The van der Waals surface area contributed by atoms with Crippen molar-refractivity contribution in [2.75, 3.05) is 27.4 Å². The summed E-state index contributed by atoms with van der Waals surface area (Å²) in [6.07, 6.45) is 0. The molecule has 0 saturated carbocycles. The number of methoxy groups -OCH3 is 1. The third-order valence-electron chi connectivity index (χ3n) is 3.31. The number of likely N-dealkylation sites (N-methyl/N-ethyl adjacent to an activating group) is 1. The van der Waals surface area contributed by atoms with Crippen molar-refractivity contribution in [3.05, 3.63) is 35.9 Å². The summed E-state index contributed by atoms with van der Waals surface area (Å²) in [5.41, 5.74) is 1.23. The van der Waals surface area contributed by atoms with Gasteiger partial charge >= 0.3 is 5.97 Å². The maximum atomic E-state index is 10.9. The van der Waals surface area contributed by atoms with Gasteiger partial charge < -0.3 is 9.47 Å². The van der Waals surface area contributed by atoms with Gasteiger partial charge in [0.15, 0.2) is 0 Å². The van der Waals surface area contributed by atoms with Crippen LogP contribution < -0.4 is 0 Å². The Bertz CT molecular complexity index is 380. The highest BCUT2D eigenvalue weighted by molar-refractivity contribution is 5.65. The molecule has 106 valence electrons. The van der Waals surface area contributed by atoms with Crippen LogP contribution in [0.1, 0.15) is 25.5 Å². The van der Waals surface area contributed by atoms with Crippen LogP contribution in [0.25, 0.3) is 0 Å². The zero-order valence-electron chi connectivity index (χ0n) is 12.1. The third kappa shape index (κ3) is 5.01. The van der Waals surface area contributed by atoms with Gasteiger partial charge in [0.05, 0.1) is 12.6 Å². The molecule has 0 unspecified atom stereocenters. The van der Waals surface area contributed by atoms with Crippen LogP contribution in [0.2, 0.25) is 0 Å². The van der Waals surface area contributed by atoms with Gasteiger partial charge in [-0.25, -0.2) is 0 Å². The summed E-state index contributed by atoms with van der Waals surface area (Å²) in [7, 11) is 3.67. The molecule has 0 bridgehead atoms. The molecule has 19 heavy (non-hydrogen) atoms. The second kappa shape index (κ2) is 7.92. The van der Waals surface area contributed by atoms with Crippen LogP contribution >= 0.6 is 0 Å². The second-order valence-electron chi connectivity index (χ2n) is 4.66. The van der Waals surface area contributed by atoms with E-state index in [1.54, 1.807) is 7.11 Å². The van der Waals surface area contributed by atoms with Gasteiger partial charge in [-0.2, -0.15) is 0 Å². The molecule has 0 amide bonds. The summed E-state index contributed by atoms with van der Waals surface area (Å²) in [4.78, 5) is 13.1. The quantitative estimate of drug-likeness (QED) is 0.709. The SMILES string of the molecule is COC[C@@H](COC(C)=O)N(C)[C@H](C)c1ccccc1. The van der Waals surface area contributed by atoms with E-state index < -0.39 is 0 Å². The van der Waals surface area contributed by atoms with Crippen molar-refractivity contribution in [3.8, 4) is 0 Å². The van der Waals surface area contributed by atoms with E-state index in [-0.39, 0.29) is 18.1 Å². The van der Waals surface area contributed by atoms with E-state index in [0.717, 1.165) is 0 Å². The van der Waals surface area contributed by atoms with Crippen molar-refractivity contribution >= 4 is 5.97 Å². The largest absolute Gasteiger partial charge is 0.464 e. The number of hydrogen-bond donors (Lipinski definition) is 0. The van der Waals surface area contributed by atoms with Crippen molar-refractivity contribution in [1.29, 1.82) is 0 Å². The van der Waals surface area contributed by atoms with Crippen LogP contribution in [0, 0.1) is 0 Å². The minimum absolute atomic E-state index is 0.0455. The average Bonchev–Trinajstić information content (AvgIpc) is 2.42. The normalized spacial score (nSPS) is 14.2. The number of carbonyl (C=O) groups is 1. The molecule has 0 heterocycles. The molecule has 0 N–H and O–H groups in total. The van der Waals surface area contributed by atoms with E-state index >= 15 is 0 Å². The Morgan fingerprint density at radius 3 is 2.42 bits per heavy atom. The van der Waals surface area contributed by atoms with Gasteiger partial charge in [0.25, 0.3) is 0 Å². The van der Waals surface area contributed by atoms with Crippen LogP contribution in [0.5, 0.6) is 0 Å². The lowest BCUT2D eigenvalue weighted by molar-refractivity contribution is -0.143. The number of nitrogens with zero attached hydrogens (tertiary/aromatic N) is 1. The molecule has 0 radical (unpaired) electrons. The molecule has 4 heteroatoms. The molecular weight excluding hydrogens is 242 g/mol. The first-order chi connectivity index (χ1) is 9.06. The zero-order valence-corrected chi connectivity index (χ0v) is 12.1. The van der Waals surface area contributed by atoms with Crippen LogP contribution in [0.4, 0.5) is 0 Å². The van der Waals surface area contributed by atoms with E-state index in [9.17, 15) is 4.79 Å². The number of benzene rings is 1. The Balaban J connectivity index is 2.69. The first kappa shape index (κ1) is 15.7. The van der Waals surface area contributed by atoms with E-state index in [4.69, 9.17) is 9.47 Å². The van der Waals surface area contributed by atoms with Crippen molar-refractivity contribution in [3.63, 3.8) is 0 Å². The van der Waals surface area contributed by atoms with Crippen molar-refractivity contribution in [2.24, 2.45) is 0 Å². The van der Waals surface area contributed by atoms with Crippen molar-refractivity contribution in [2.45, 2.75) is 25.9 Å². The first-order valence-corrected chi connectivity index (χ1v) is 6.45. The van der Waals surface area contributed by atoms with Gasteiger partial charge in [-0.05, 0) is 19.5 Å². The van der Waals surface area contributed by atoms with E-state index in [2.05, 4.69) is 24.0 Å². The maximum Gasteiger partial charge on any atom is 0.302 e. The fraction of sp³-hybridized carbons (Fsp3) is 0.533. The van der Waals surface area contributed by atoms with Gasteiger partial charge in [-0.3, -0.25) is 9.69 Å². The number of hydrogen-bond acceptors (Lipinski definition) is 4. The van der Waals surface area contributed by atoms with Gasteiger partial charge in [-0.15, -0.1) is 0 Å². The molecule has 4 nitrogen and oxygen atoms in total. The Morgan fingerprint density at radius 1 is 1.26 bits per heavy atom. The molecule has 1 aromatic carbocycles. The molecule has 0 spiro atoms. The molecule has 2 atom stereocenters. The molecular formula is C15H23NO3. The van der Waals surface area contributed by atoms with Crippen LogP contribution in [-0.4, -0.2) is 44.3 Å². The Hall–Kier alpha value is -1.39. The molecule has 0 fully saturated rings. The van der Waals surface area contributed by atoms with Crippen molar-refractivity contribution in [1.82, 2.24) is 4.90 Å². The van der Waals surface area contributed by atoms with E-state index in [0.29, 0.717) is 13.2 Å². The summed E-state index contributed by atoms with van der Waals surface area (Å²) >= 11 is 0. The molecule has 0 aliphatic heterocycles. The molecule has 0 saturated heterocycles. The highest BCUT2D eigenvalue weighted by Crippen LogP contribution is 2.20. The third-order valence-corrected chi connectivity index (χ3v) is 3.31. The molecule has 1 rings (SSSR count). The van der Waals surface area contributed by atoms with Crippen LogP contribution in [0.3, 0.4) is 0 Å². The predicted molar refractivity (Wildman–Crippen MR) is 74.9 cm³/mol. The Labute approximate surface area is 115 Å². The minimum atomic E-state index is -0.262.